The van der Waals surface area contributed by atoms with Crippen molar-refractivity contribution in [2.24, 2.45) is 5.92 Å². The molecule has 8 heteroatoms. The van der Waals surface area contributed by atoms with Gasteiger partial charge in [-0.2, -0.15) is 0 Å². The number of hydrogen-bond donors (Lipinski definition) is 1. The van der Waals surface area contributed by atoms with Crippen LogP contribution in [0, 0.1) is 16.0 Å². The Kier molecular flexibility index (Phi) is 3.86. The molecule has 7 nitrogen and oxygen atoms in total. The lowest BCUT2D eigenvalue weighted by Crippen LogP contribution is -2.46. The predicted octanol–water partition coefficient (Wildman–Crippen LogP) is 2.51. The third-order valence-electron chi connectivity index (χ3n) is 4.59. The number of nitro groups is 1. The number of carboxylic acids is 1. The fourth-order valence-corrected chi connectivity index (χ4v) is 4.41. The normalized spacial score (nSPS) is 27.5. The van der Waals surface area contributed by atoms with Crippen LogP contribution in [0.25, 0.3) is 0 Å². The summed E-state index contributed by atoms with van der Waals surface area (Å²) in [5, 5.41) is 20.1. The number of carboxylic acid groups (broad SMARTS) is 1. The molecule has 1 amide bonds. The van der Waals surface area contributed by atoms with E-state index in [9.17, 15) is 24.8 Å². The minimum Gasteiger partial charge on any atom is -0.480 e. The fraction of sp³-hybridized carbons (Fsp3) is 0.571. The van der Waals surface area contributed by atoms with Crippen LogP contribution < -0.4 is 0 Å². The molecular weight excluding hydrogens is 308 g/mol. The number of amides is 1. The number of thiophene rings is 1. The second kappa shape index (κ2) is 5.68. The van der Waals surface area contributed by atoms with Crippen molar-refractivity contribution in [3.63, 3.8) is 0 Å². The van der Waals surface area contributed by atoms with E-state index in [0.717, 1.165) is 37.0 Å². The van der Waals surface area contributed by atoms with Crippen LogP contribution in [0.1, 0.15) is 41.8 Å². The largest absolute Gasteiger partial charge is 0.480 e. The molecule has 0 radical (unpaired) electrons. The molecule has 1 saturated heterocycles. The lowest BCUT2D eigenvalue weighted by Gasteiger charge is -2.32. The minimum atomic E-state index is -0.992. The summed E-state index contributed by atoms with van der Waals surface area (Å²) in [6.07, 6.45) is 4.30. The van der Waals surface area contributed by atoms with E-state index in [-0.39, 0.29) is 27.7 Å². The maximum atomic E-state index is 12.7. The molecule has 3 atom stereocenters. The second-order valence-electron chi connectivity index (χ2n) is 5.81. The maximum absolute atomic E-state index is 12.7. The van der Waals surface area contributed by atoms with Gasteiger partial charge in [-0.25, -0.2) is 4.79 Å². The van der Waals surface area contributed by atoms with Crippen molar-refractivity contribution in [2.75, 3.05) is 0 Å². The zero-order valence-electron chi connectivity index (χ0n) is 11.8. The maximum Gasteiger partial charge on any atom is 0.326 e. The van der Waals surface area contributed by atoms with Gasteiger partial charge < -0.3 is 10.0 Å². The van der Waals surface area contributed by atoms with E-state index in [4.69, 9.17) is 0 Å². The molecular formula is C14H16N2O5S. The van der Waals surface area contributed by atoms with Gasteiger partial charge >= 0.3 is 11.0 Å². The van der Waals surface area contributed by atoms with Gasteiger partial charge in [0.05, 0.1) is 9.80 Å². The summed E-state index contributed by atoms with van der Waals surface area (Å²) in [5.74, 6) is -1.15. The Morgan fingerprint density at radius 2 is 2.05 bits per heavy atom. The van der Waals surface area contributed by atoms with Crippen LogP contribution in [0.15, 0.2) is 12.1 Å². The molecule has 118 valence electrons. The number of rotatable bonds is 3. The Morgan fingerprint density at radius 1 is 1.32 bits per heavy atom. The second-order valence-corrected chi connectivity index (χ2v) is 6.87. The first-order valence-corrected chi connectivity index (χ1v) is 8.10. The van der Waals surface area contributed by atoms with E-state index in [1.165, 1.54) is 17.0 Å². The first-order valence-electron chi connectivity index (χ1n) is 7.28. The molecule has 1 aliphatic heterocycles. The highest BCUT2D eigenvalue weighted by Crippen LogP contribution is 2.41. The van der Waals surface area contributed by atoms with Crippen LogP contribution in [0.2, 0.25) is 0 Å². The van der Waals surface area contributed by atoms with Gasteiger partial charge in [-0.05, 0) is 31.2 Å². The predicted molar refractivity (Wildman–Crippen MR) is 78.9 cm³/mol. The average molecular weight is 324 g/mol. The van der Waals surface area contributed by atoms with Gasteiger partial charge in [-0.1, -0.05) is 24.2 Å². The lowest BCUT2D eigenvalue weighted by molar-refractivity contribution is -0.380. The molecule has 2 aliphatic rings. The molecule has 22 heavy (non-hydrogen) atoms. The van der Waals surface area contributed by atoms with Crippen molar-refractivity contribution in [3.05, 3.63) is 27.1 Å². The first kappa shape index (κ1) is 15.0. The molecule has 1 saturated carbocycles. The summed E-state index contributed by atoms with van der Waals surface area (Å²) in [6.45, 7) is 0. The molecule has 3 rings (SSSR count). The van der Waals surface area contributed by atoms with Crippen molar-refractivity contribution in [3.8, 4) is 0 Å². The van der Waals surface area contributed by atoms with Gasteiger partial charge in [0.2, 0.25) is 0 Å². The van der Waals surface area contributed by atoms with E-state index in [1.807, 2.05) is 0 Å². The molecule has 0 aromatic carbocycles. The van der Waals surface area contributed by atoms with Crippen LogP contribution >= 0.6 is 11.3 Å². The number of fused-ring (bicyclic) bond motifs is 1. The third kappa shape index (κ3) is 2.47. The summed E-state index contributed by atoms with van der Waals surface area (Å²) in [5.41, 5.74) is 0. The lowest BCUT2D eigenvalue weighted by atomic mass is 9.85. The zero-order chi connectivity index (χ0) is 15.9. The van der Waals surface area contributed by atoms with Crippen LogP contribution in [-0.4, -0.2) is 38.9 Å². The van der Waals surface area contributed by atoms with E-state index < -0.39 is 16.9 Å². The monoisotopic (exact) mass is 324 g/mol. The topological polar surface area (TPSA) is 101 Å². The Morgan fingerprint density at radius 3 is 2.68 bits per heavy atom. The van der Waals surface area contributed by atoms with E-state index in [0.29, 0.717) is 6.42 Å². The van der Waals surface area contributed by atoms with Gasteiger partial charge in [0.25, 0.3) is 5.91 Å². The molecule has 2 fully saturated rings. The highest BCUT2D eigenvalue weighted by Gasteiger charge is 2.48. The van der Waals surface area contributed by atoms with Crippen molar-refractivity contribution in [2.45, 2.75) is 44.2 Å². The van der Waals surface area contributed by atoms with Crippen LogP contribution in [0.4, 0.5) is 5.00 Å². The summed E-state index contributed by atoms with van der Waals surface area (Å²) in [6, 6.07) is 1.84. The quantitative estimate of drug-likeness (QED) is 0.680. The van der Waals surface area contributed by atoms with Gasteiger partial charge in [-0.15, -0.1) is 0 Å². The number of carbonyl (C=O) groups excluding carboxylic acids is 1. The smallest absolute Gasteiger partial charge is 0.326 e. The van der Waals surface area contributed by atoms with E-state index >= 15 is 0 Å². The number of nitrogens with zero attached hydrogens (tertiary/aromatic N) is 2. The van der Waals surface area contributed by atoms with Crippen molar-refractivity contribution < 1.29 is 19.6 Å². The molecule has 1 aliphatic carbocycles. The van der Waals surface area contributed by atoms with Gasteiger partial charge in [0, 0.05) is 12.1 Å². The number of aliphatic carboxylic acids is 1. The van der Waals surface area contributed by atoms with E-state index in [1.54, 1.807) is 0 Å². The zero-order valence-corrected chi connectivity index (χ0v) is 12.6. The molecule has 0 bridgehead atoms. The van der Waals surface area contributed by atoms with Crippen molar-refractivity contribution in [1.29, 1.82) is 0 Å². The highest BCUT2D eigenvalue weighted by molar-refractivity contribution is 7.17. The molecule has 2 heterocycles. The molecule has 1 N–H and O–H groups in total. The number of hydrogen-bond acceptors (Lipinski definition) is 5. The van der Waals surface area contributed by atoms with Crippen molar-refractivity contribution >= 4 is 28.2 Å². The average Bonchev–Trinajstić information content (AvgIpc) is 3.11. The summed E-state index contributed by atoms with van der Waals surface area (Å²) < 4.78 is 0. The van der Waals surface area contributed by atoms with Crippen LogP contribution in [-0.2, 0) is 4.79 Å². The van der Waals surface area contributed by atoms with Crippen LogP contribution in [0.5, 0.6) is 0 Å². The number of carbonyl (C=O) groups is 2. The Bertz CT molecular complexity index is 629. The summed E-state index contributed by atoms with van der Waals surface area (Å²) in [4.78, 5) is 36.1. The van der Waals surface area contributed by atoms with Gasteiger partial charge in [0.15, 0.2) is 0 Å². The van der Waals surface area contributed by atoms with Gasteiger partial charge in [0.1, 0.15) is 6.04 Å². The Labute approximate surface area is 130 Å². The van der Waals surface area contributed by atoms with E-state index in [2.05, 4.69) is 0 Å². The summed E-state index contributed by atoms with van der Waals surface area (Å²) in [7, 11) is 0. The molecule has 3 unspecified atom stereocenters. The van der Waals surface area contributed by atoms with Crippen molar-refractivity contribution in [1.82, 2.24) is 4.90 Å². The fourth-order valence-electron chi connectivity index (χ4n) is 3.64. The van der Waals surface area contributed by atoms with Crippen LogP contribution in [0.3, 0.4) is 0 Å². The standard InChI is InChI=1S/C14H16N2O5S/c17-13(11-5-6-12(22-11)16(20)21)15-9-4-2-1-3-8(9)7-10(15)14(18)19/h5-6,8-10H,1-4,7H2,(H,18,19). The first-order chi connectivity index (χ1) is 10.5. The Hall–Kier alpha value is -1.96. The molecule has 1 aromatic heterocycles. The Balaban J connectivity index is 1.89. The summed E-state index contributed by atoms with van der Waals surface area (Å²) >= 11 is 0.806. The van der Waals surface area contributed by atoms with Gasteiger partial charge in [-0.3, -0.25) is 14.9 Å². The highest BCUT2D eigenvalue weighted by atomic mass is 32.1. The minimum absolute atomic E-state index is 0.0523. The molecule has 1 aromatic rings. The third-order valence-corrected chi connectivity index (χ3v) is 5.62. The number of likely N-dealkylation sites (tertiary alicyclic amines) is 1. The SMILES string of the molecule is O=C(O)C1CC2CCCCC2N1C(=O)c1ccc([N+](=O)[O-])s1. The molecule has 0 spiro atoms.